The Hall–Kier alpha value is -0.650. The molecular weight excluding hydrogens is 218 g/mol. The summed E-state index contributed by atoms with van der Waals surface area (Å²) in [6.45, 7) is 4.86. The quantitative estimate of drug-likeness (QED) is 0.551. The maximum Gasteiger partial charge on any atom is 0.239 e. The van der Waals surface area contributed by atoms with Crippen molar-refractivity contribution in [1.29, 1.82) is 0 Å². The minimum Gasteiger partial charge on any atom is -0.380 e. The topological polar surface area (TPSA) is 67.6 Å². The molecule has 1 atom stereocenters. The van der Waals surface area contributed by atoms with Crippen molar-refractivity contribution >= 4 is 5.91 Å². The van der Waals surface area contributed by atoms with Crippen LogP contribution in [-0.4, -0.2) is 56.7 Å². The fourth-order valence-corrected chi connectivity index (χ4v) is 2.26. The molecule has 0 aromatic heterocycles. The predicted octanol–water partition coefficient (Wildman–Crippen LogP) is -0.192. The van der Waals surface area contributed by atoms with E-state index in [0.29, 0.717) is 19.1 Å². The zero-order chi connectivity index (χ0) is 12.9. The van der Waals surface area contributed by atoms with Crippen LogP contribution in [0.25, 0.3) is 0 Å². The molecule has 1 saturated carbocycles. The Bertz CT molecular complexity index is 256. The predicted molar refractivity (Wildman–Crippen MR) is 67.7 cm³/mol. The van der Waals surface area contributed by atoms with Crippen LogP contribution in [0.4, 0.5) is 0 Å². The summed E-state index contributed by atoms with van der Waals surface area (Å²) in [4.78, 5) is 13.8. The Morgan fingerprint density at radius 2 is 2.24 bits per heavy atom. The number of nitrogens with zero attached hydrogens (tertiary/aromatic N) is 1. The number of hydrogen-bond acceptors (Lipinski definition) is 4. The summed E-state index contributed by atoms with van der Waals surface area (Å²) < 4.78 is 5.31. The largest absolute Gasteiger partial charge is 0.380 e. The molecule has 1 aliphatic carbocycles. The highest BCUT2D eigenvalue weighted by Gasteiger charge is 2.49. The number of likely N-dealkylation sites (N-methyl/N-ethyl adjacent to an activating group) is 2. The van der Waals surface area contributed by atoms with Crippen LogP contribution in [0.1, 0.15) is 19.8 Å². The highest BCUT2D eigenvalue weighted by atomic mass is 16.5. The monoisotopic (exact) mass is 243 g/mol. The van der Waals surface area contributed by atoms with Crippen molar-refractivity contribution in [2.75, 3.05) is 40.4 Å². The third-order valence-corrected chi connectivity index (χ3v) is 3.50. The van der Waals surface area contributed by atoms with Crippen molar-refractivity contribution in [2.45, 2.75) is 25.3 Å². The van der Waals surface area contributed by atoms with Gasteiger partial charge in [-0.05, 0) is 39.8 Å². The maximum absolute atomic E-state index is 11.7. The van der Waals surface area contributed by atoms with Crippen LogP contribution in [0, 0.1) is 5.92 Å². The molecule has 1 unspecified atom stereocenters. The van der Waals surface area contributed by atoms with Crippen LogP contribution >= 0.6 is 0 Å². The van der Waals surface area contributed by atoms with Gasteiger partial charge in [0.1, 0.15) is 5.54 Å². The first-order valence-corrected chi connectivity index (χ1v) is 6.32. The van der Waals surface area contributed by atoms with E-state index in [-0.39, 0.29) is 5.91 Å². The van der Waals surface area contributed by atoms with Crippen LogP contribution in [0.5, 0.6) is 0 Å². The standard InChI is InChI=1S/C12H25N3O2/c1-4-17-8-7-15(3)9-12(14-2,11(13)16)10-5-6-10/h10,14H,4-9H2,1-3H3,(H2,13,16). The zero-order valence-electron chi connectivity index (χ0n) is 11.2. The minimum atomic E-state index is -0.568. The number of nitrogens with one attached hydrogen (secondary N) is 1. The zero-order valence-corrected chi connectivity index (χ0v) is 11.2. The molecule has 17 heavy (non-hydrogen) atoms. The van der Waals surface area contributed by atoms with Crippen molar-refractivity contribution in [2.24, 2.45) is 11.7 Å². The summed E-state index contributed by atoms with van der Waals surface area (Å²) in [5, 5.41) is 3.14. The van der Waals surface area contributed by atoms with E-state index in [1.165, 1.54) is 0 Å². The number of nitrogens with two attached hydrogens (primary N) is 1. The molecule has 0 aliphatic heterocycles. The Morgan fingerprint density at radius 1 is 1.59 bits per heavy atom. The van der Waals surface area contributed by atoms with Gasteiger partial charge >= 0.3 is 0 Å². The second-order valence-corrected chi connectivity index (χ2v) is 4.79. The number of primary amides is 1. The van der Waals surface area contributed by atoms with Gasteiger partial charge in [0, 0.05) is 19.7 Å². The highest BCUT2D eigenvalue weighted by Crippen LogP contribution is 2.39. The summed E-state index contributed by atoms with van der Waals surface area (Å²) in [5.41, 5.74) is 5.00. The lowest BCUT2D eigenvalue weighted by Crippen LogP contribution is -2.61. The molecule has 100 valence electrons. The maximum atomic E-state index is 11.7. The van der Waals surface area contributed by atoms with Crippen molar-refractivity contribution in [3.8, 4) is 0 Å². The van der Waals surface area contributed by atoms with E-state index in [2.05, 4.69) is 10.2 Å². The molecule has 1 aliphatic rings. The Balaban J connectivity index is 2.51. The molecule has 0 saturated heterocycles. The van der Waals surface area contributed by atoms with Gasteiger partial charge in [0.2, 0.25) is 5.91 Å². The summed E-state index contributed by atoms with van der Waals surface area (Å²) in [5.74, 6) is 0.144. The van der Waals surface area contributed by atoms with Crippen LogP contribution in [0.15, 0.2) is 0 Å². The highest BCUT2D eigenvalue weighted by molar-refractivity contribution is 5.85. The summed E-state index contributed by atoms with van der Waals surface area (Å²) in [7, 11) is 3.82. The lowest BCUT2D eigenvalue weighted by Gasteiger charge is -2.34. The number of carbonyl (C=O) groups excluding carboxylic acids is 1. The number of carbonyl (C=O) groups is 1. The summed E-state index contributed by atoms with van der Waals surface area (Å²) >= 11 is 0. The lowest BCUT2D eigenvalue weighted by atomic mass is 9.91. The van der Waals surface area contributed by atoms with Crippen molar-refractivity contribution in [3.05, 3.63) is 0 Å². The molecule has 1 fully saturated rings. The average Bonchev–Trinajstić information content (AvgIpc) is 3.10. The van der Waals surface area contributed by atoms with E-state index >= 15 is 0 Å². The van der Waals surface area contributed by atoms with Gasteiger partial charge in [0.25, 0.3) is 0 Å². The first kappa shape index (κ1) is 14.4. The molecule has 1 amide bonds. The lowest BCUT2D eigenvalue weighted by molar-refractivity contribution is -0.126. The van der Waals surface area contributed by atoms with Crippen LogP contribution < -0.4 is 11.1 Å². The second kappa shape index (κ2) is 6.33. The van der Waals surface area contributed by atoms with Crippen molar-refractivity contribution in [3.63, 3.8) is 0 Å². The third-order valence-electron chi connectivity index (χ3n) is 3.50. The van der Waals surface area contributed by atoms with Gasteiger partial charge in [-0.15, -0.1) is 0 Å². The molecule has 0 spiro atoms. The van der Waals surface area contributed by atoms with E-state index in [4.69, 9.17) is 10.5 Å². The van der Waals surface area contributed by atoms with Crippen molar-refractivity contribution in [1.82, 2.24) is 10.2 Å². The second-order valence-electron chi connectivity index (χ2n) is 4.79. The molecule has 0 heterocycles. The molecule has 1 rings (SSSR count). The molecule has 0 radical (unpaired) electrons. The van der Waals surface area contributed by atoms with Crippen LogP contribution in [0.3, 0.4) is 0 Å². The van der Waals surface area contributed by atoms with Gasteiger partial charge in [0.05, 0.1) is 6.61 Å². The van der Waals surface area contributed by atoms with E-state index in [1.54, 1.807) is 0 Å². The number of rotatable bonds is 9. The molecule has 3 N–H and O–H groups in total. The molecular formula is C12H25N3O2. The third kappa shape index (κ3) is 3.66. The molecule has 0 bridgehead atoms. The summed E-state index contributed by atoms with van der Waals surface area (Å²) in [6.07, 6.45) is 2.17. The van der Waals surface area contributed by atoms with E-state index in [0.717, 1.165) is 26.0 Å². The van der Waals surface area contributed by atoms with E-state index in [9.17, 15) is 4.79 Å². The SMILES string of the molecule is CCOCCN(C)CC(NC)(C(N)=O)C1CC1. The molecule has 0 aromatic rings. The molecule has 5 heteroatoms. The minimum absolute atomic E-state index is 0.245. The fraction of sp³-hybridized carbons (Fsp3) is 0.917. The van der Waals surface area contributed by atoms with Gasteiger partial charge in [-0.25, -0.2) is 0 Å². The van der Waals surface area contributed by atoms with Crippen LogP contribution in [-0.2, 0) is 9.53 Å². The van der Waals surface area contributed by atoms with Gasteiger partial charge < -0.3 is 20.7 Å². The first-order valence-electron chi connectivity index (χ1n) is 6.32. The molecule has 0 aromatic carbocycles. The Kier molecular flexibility index (Phi) is 5.36. The van der Waals surface area contributed by atoms with Gasteiger partial charge in [-0.1, -0.05) is 0 Å². The first-order chi connectivity index (χ1) is 8.06. The number of amides is 1. The average molecular weight is 243 g/mol. The van der Waals surface area contributed by atoms with Gasteiger partial charge in [-0.2, -0.15) is 0 Å². The van der Waals surface area contributed by atoms with Crippen LogP contribution in [0.2, 0.25) is 0 Å². The smallest absolute Gasteiger partial charge is 0.239 e. The normalized spacial score (nSPS) is 19.3. The van der Waals surface area contributed by atoms with Gasteiger partial charge in [-0.3, -0.25) is 4.79 Å². The van der Waals surface area contributed by atoms with Crippen molar-refractivity contribution < 1.29 is 9.53 Å². The summed E-state index contributed by atoms with van der Waals surface area (Å²) in [6, 6.07) is 0. The Labute approximate surface area is 104 Å². The van der Waals surface area contributed by atoms with E-state index < -0.39 is 5.54 Å². The van der Waals surface area contributed by atoms with E-state index in [1.807, 2.05) is 21.0 Å². The fourth-order valence-electron chi connectivity index (χ4n) is 2.26. The number of ether oxygens (including phenoxy) is 1. The molecule has 5 nitrogen and oxygen atoms in total. The number of hydrogen-bond donors (Lipinski definition) is 2. The van der Waals surface area contributed by atoms with Gasteiger partial charge in [0.15, 0.2) is 0 Å². The Morgan fingerprint density at radius 3 is 2.65 bits per heavy atom.